The summed E-state index contributed by atoms with van der Waals surface area (Å²) in [6.07, 6.45) is 0. The monoisotopic (exact) mass is 235 g/mol. The smallest absolute Gasteiger partial charge is 0.176 e. The van der Waals surface area contributed by atoms with Crippen LogP contribution >= 0.6 is 24.0 Å². The minimum atomic E-state index is -0.152. The molecule has 0 aliphatic carbocycles. The maximum atomic E-state index is 11.2. The van der Waals surface area contributed by atoms with Crippen LogP contribution < -0.4 is 10.5 Å². The number of benzene rings is 1. The van der Waals surface area contributed by atoms with Gasteiger partial charge in [-0.1, -0.05) is 11.6 Å². The number of carbonyl (C=O) groups excluding carboxylic acids is 1. The van der Waals surface area contributed by atoms with Crippen LogP contribution in [0, 0.1) is 0 Å². The second-order valence-electron chi connectivity index (χ2n) is 2.51. The molecule has 0 heterocycles. The van der Waals surface area contributed by atoms with Crippen molar-refractivity contribution in [2.24, 2.45) is 5.73 Å². The van der Waals surface area contributed by atoms with E-state index >= 15 is 0 Å². The van der Waals surface area contributed by atoms with E-state index in [-0.39, 0.29) is 24.7 Å². The third-order valence-electron chi connectivity index (χ3n) is 1.61. The van der Waals surface area contributed by atoms with Crippen molar-refractivity contribution in [3.8, 4) is 5.75 Å². The van der Waals surface area contributed by atoms with Gasteiger partial charge in [0.05, 0.1) is 13.7 Å². The molecule has 1 aromatic rings. The van der Waals surface area contributed by atoms with Gasteiger partial charge in [0, 0.05) is 10.6 Å². The van der Waals surface area contributed by atoms with Crippen LogP contribution in [0.3, 0.4) is 0 Å². The molecule has 5 heteroatoms. The second kappa shape index (κ2) is 5.86. The molecule has 78 valence electrons. The highest BCUT2D eigenvalue weighted by atomic mass is 35.5. The first-order valence-electron chi connectivity index (χ1n) is 3.75. The lowest BCUT2D eigenvalue weighted by molar-refractivity contribution is 0.100. The Balaban J connectivity index is 0.00000169. The summed E-state index contributed by atoms with van der Waals surface area (Å²) in [5.41, 5.74) is 5.69. The molecule has 0 atom stereocenters. The van der Waals surface area contributed by atoms with Crippen LogP contribution in [0.15, 0.2) is 18.2 Å². The lowest BCUT2D eigenvalue weighted by Crippen LogP contribution is -2.13. The number of ether oxygens (including phenoxy) is 1. The van der Waals surface area contributed by atoms with Crippen molar-refractivity contribution >= 4 is 29.8 Å². The quantitative estimate of drug-likeness (QED) is 0.815. The van der Waals surface area contributed by atoms with Gasteiger partial charge in [-0.05, 0) is 18.2 Å². The summed E-state index contributed by atoms with van der Waals surface area (Å²) in [5, 5.41) is 0.469. The van der Waals surface area contributed by atoms with Crippen molar-refractivity contribution in [1.82, 2.24) is 0 Å². The Labute approximate surface area is 93.6 Å². The van der Waals surface area contributed by atoms with E-state index in [1.54, 1.807) is 18.2 Å². The van der Waals surface area contributed by atoms with E-state index in [1.165, 1.54) is 7.11 Å². The molecule has 0 bridgehead atoms. The average Bonchev–Trinajstić information content (AvgIpc) is 2.15. The summed E-state index contributed by atoms with van der Waals surface area (Å²) >= 11 is 5.76. The molecule has 0 unspecified atom stereocenters. The Bertz CT molecular complexity index is 329. The van der Waals surface area contributed by atoms with E-state index in [0.717, 1.165) is 0 Å². The van der Waals surface area contributed by atoms with E-state index in [2.05, 4.69) is 0 Å². The van der Waals surface area contributed by atoms with Gasteiger partial charge in [-0.25, -0.2) is 0 Å². The van der Waals surface area contributed by atoms with E-state index in [9.17, 15) is 4.79 Å². The van der Waals surface area contributed by atoms with Crippen molar-refractivity contribution in [1.29, 1.82) is 0 Å². The number of nitrogens with two attached hydrogens (primary N) is 1. The molecule has 14 heavy (non-hydrogen) atoms. The van der Waals surface area contributed by atoms with E-state index in [4.69, 9.17) is 22.1 Å². The number of hydrogen-bond donors (Lipinski definition) is 1. The van der Waals surface area contributed by atoms with Crippen LogP contribution in [0.1, 0.15) is 10.4 Å². The number of methoxy groups -OCH3 is 1. The van der Waals surface area contributed by atoms with Crippen molar-refractivity contribution in [3.63, 3.8) is 0 Å². The van der Waals surface area contributed by atoms with Crippen LogP contribution in [0.25, 0.3) is 0 Å². The van der Waals surface area contributed by atoms with E-state index in [1.807, 2.05) is 0 Å². The highest BCUT2D eigenvalue weighted by Gasteiger charge is 2.06. The Morgan fingerprint density at radius 2 is 2.14 bits per heavy atom. The summed E-state index contributed by atoms with van der Waals surface area (Å²) in [5.74, 6) is 0.408. The first-order valence-corrected chi connectivity index (χ1v) is 4.13. The molecule has 0 aliphatic heterocycles. The third kappa shape index (κ3) is 3.18. The summed E-state index contributed by atoms with van der Waals surface area (Å²) in [7, 11) is 1.52. The predicted molar refractivity (Wildman–Crippen MR) is 58.6 cm³/mol. The lowest BCUT2D eigenvalue weighted by Gasteiger charge is -2.03. The molecule has 0 amide bonds. The van der Waals surface area contributed by atoms with Gasteiger partial charge < -0.3 is 10.5 Å². The average molecular weight is 236 g/mol. The van der Waals surface area contributed by atoms with Crippen molar-refractivity contribution in [2.75, 3.05) is 13.7 Å². The van der Waals surface area contributed by atoms with Crippen LogP contribution in [-0.4, -0.2) is 19.4 Å². The fourth-order valence-corrected chi connectivity index (χ4v) is 1.18. The first kappa shape index (κ1) is 13.2. The summed E-state index contributed by atoms with van der Waals surface area (Å²) in [4.78, 5) is 11.2. The predicted octanol–water partition coefficient (Wildman–Crippen LogP) is 1.91. The zero-order chi connectivity index (χ0) is 9.84. The van der Waals surface area contributed by atoms with Gasteiger partial charge in [0.15, 0.2) is 5.78 Å². The van der Waals surface area contributed by atoms with Crippen molar-refractivity contribution < 1.29 is 9.53 Å². The number of Topliss-reactive ketones (excluding diaryl/α,β-unsaturated/α-hetero) is 1. The van der Waals surface area contributed by atoms with Gasteiger partial charge in [-0.3, -0.25) is 4.79 Å². The summed E-state index contributed by atoms with van der Waals surface area (Å²) in [6.45, 7) is -0.0243. The molecule has 0 fully saturated rings. The minimum Gasteiger partial charge on any atom is -0.497 e. The fourth-order valence-electron chi connectivity index (χ4n) is 0.959. The Morgan fingerprint density at radius 3 is 2.64 bits per heavy atom. The Kier molecular flexibility index (Phi) is 5.53. The molecular weight excluding hydrogens is 225 g/mol. The van der Waals surface area contributed by atoms with Gasteiger partial charge >= 0.3 is 0 Å². The van der Waals surface area contributed by atoms with Crippen LogP contribution in [0.4, 0.5) is 0 Å². The molecule has 0 saturated heterocycles. The zero-order valence-electron chi connectivity index (χ0n) is 7.62. The number of hydrogen-bond acceptors (Lipinski definition) is 3. The Hall–Kier alpha value is -0.770. The summed E-state index contributed by atoms with van der Waals surface area (Å²) < 4.78 is 4.95. The van der Waals surface area contributed by atoms with E-state index in [0.29, 0.717) is 16.3 Å². The van der Waals surface area contributed by atoms with Crippen molar-refractivity contribution in [2.45, 2.75) is 0 Å². The fraction of sp³-hybridized carbons (Fsp3) is 0.222. The minimum absolute atomic E-state index is 0. The molecule has 0 spiro atoms. The van der Waals surface area contributed by atoms with E-state index < -0.39 is 0 Å². The van der Waals surface area contributed by atoms with Crippen LogP contribution in [0.5, 0.6) is 5.75 Å². The number of rotatable bonds is 3. The molecule has 1 aromatic carbocycles. The van der Waals surface area contributed by atoms with Gasteiger partial charge in [-0.15, -0.1) is 12.4 Å². The maximum Gasteiger partial charge on any atom is 0.176 e. The topological polar surface area (TPSA) is 52.3 Å². The second-order valence-corrected chi connectivity index (χ2v) is 2.94. The lowest BCUT2D eigenvalue weighted by atomic mass is 10.1. The Morgan fingerprint density at radius 1 is 1.50 bits per heavy atom. The molecule has 2 N–H and O–H groups in total. The highest BCUT2D eigenvalue weighted by Crippen LogP contribution is 2.20. The highest BCUT2D eigenvalue weighted by molar-refractivity contribution is 6.31. The van der Waals surface area contributed by atoms with Gasteiger partial charge in [0.2, 0.25) is 0 Å². The van der Waals surface area contributed by atoms with Gasteiger partial charge in [0.1, 0.15) is 5.75 Å². The molecule has 0 aromatic heterocycles. The number of carbonyl (C=O) groups is 1. The molecule has 0 saturated carbocycles. The molecule has 0 radical (unpaired) electrons. The SMILES string of the molecule is COc1cc(Cl)cc(C(=O)CN)c1.Cl. The van der Waals surface area contributed by atoms with Gasteiger partial charge in [0.25, 0.3) is 0 Å². The largest absolute Gasteiger partial charge is 0.497 e. The maximum absolute atomic E-state index is 11.2. The zero-order valence-corrected chi connectivity index (χ0v) is 9.19. The molecular formula is C9H11Cl2NO2. The number of ketones is 1. The van der Waals surface area contributed by atoms with Crippen LogP contribution in [-0.2, 0) is 0 Å². The van der Waals surface area contributed by atoms with Crippen molar-refractivity contribution in [3.05, 3.63) is 28.8 Å². The molecule has 1 rings (SSSR count). The standard InChI is InChI=1S/C9H10ClNO2.ClH/c1-13-8-3-6(9(12)5-11)2-7(10)4-8;/h2-4H,5,11H2,1H3;1H. The molecule has 0 aliphatic rings. The normalized spacial score (nSPS) is 9.07. The molecule has 3 nitrogen and oxygen atoms in total. The summed E-state index contributed by atoms with van der Waals surface area (Å²) in [6, 6.07) is 4.81. The van der Waals surface area contributed by atoms with Crippen LogP contribution in [0.2, 0.25) is 5.02 Å². The van der Waals surface area contributed by atoms with Gasteiger partial charge in [-0.2, -0.15) is 0 Å². The first-order chi connectivity index (χ1) is 6.17. The number of halogens is 2. The third-order valence-corrected chi connectivity index (χ3v) is 1.83.